The van der Waals surface area contributed by atoms with E-state index in [-0.39, 0.29) is 11.9 Å². The van der Waals surface area contributed by atoms with Gasteiger partial charge in [-0.25, -0.2) is 0 Å². The van der Waals surface area contributed by atoms with Crippen molar-refractivity contribution in [2.24, 2.45) is 0 Å². The maximum Gasteiger partial charge on any atom is 0.249 e. The number of nitrogens with zero attached hydrogens (tertiary/aromatic N) is 3. The van der Waals surface area contributed by atoms with Crippen molar-refractivity contribution in [1.29, 1.82) is 0 Å². The lowest BCUT2D eigenvalue weighted by atomic mass is 10.1. The van der Waals surface area contributed by atoms with E-state index in [4.69, 9.17) is 4.52 Å². The molecule has 19 heavy (non-hydrogen) atoms. The van der Waals surface area contributed by atoms with E-state index in [0.29, 0.717) is 18.1 Å². The molecule has 1 unspecified atom stereocenters. The minimum absolute atomic E-state index is 0.0841. The van der Waals surface area contributed by atoms with Gasteiger partial charge in [-0.2, -0.15) is 4.98 Å². The zero-order valence-corrected chi connectivity index (χ0v) is 11.0. The summed E-state index contributed by atoms with van der Waals surface area (Å²) in [7, 11) is 1.77. The van der Waals surface area contributed by atoms with Gasteiger partial charge >= 0.3 is 0 Å². The van der Waals surface area contributed by atoms with Gasteiger partial charge in [0.1, 0.15) is 6.04 Å². The predicted octanol–water partition coefficient (Wildman–Crippen LogP) is 2.34. The molecule has 0 aliphatic carbocycles. The van der Waals surface area contributed by atoms with Crippen LogP contribution in [0.2, 0.25) is 0 Å². The van der Waals surface area contributed by atoms with E-state index in [0.717, 1.165) is 12.0 Å². The van der Waals surface area contributed by atoms with Gasteiger partial charge in [-0.3, -0.25) is 4.79 Å². The monoisotopic (exact) mass is 257 g/mol. The molecule has 1 aliphatic rings. The Morgan fingerprint density at radius 3 is 2.68 bits per heavy atom. The first kappa shape index (κ1) is 11.9. The number of carbonyl (C=O) groups is 1. The molecule has 98 valence electrons. The van der Waals surface area contributed by atoms with Crippen molar-refractivity contribution < 1.29 is 9.32 Å². The molecule has 1 fully saturated rings. The van der Waals surface area contributed by atoms with Gasteiger partial charge < -0.3 is 9.42 Å². The molecule has 0 radical (unpaired) electrons. The van der Waals surface area contributed by atoms with E-state index in [1.165, 1.54) is 5.56 Å². The Hall–Kier alpha value is -2.17. The molecule has 1 aliphatic heterocycles. The summed E-state index contributed by atoms with van der Waals surface area (Å²) in [5.74, 6) is 1.21. The zero-order chi connectivity index (χ0) is 13.4. The van der Waals surface area contributed by atoms with Gasteiger partial charge in [-0.15, -0.1) is 0 Å². The lowest BCUT2D eigenvalue weighted by Gasteiger charge is -2.14. The highest BCUT2D eigenvalue weighted by atomic mass is 16.5. The van der Waals surface area contributed by atoms with Crippen molar-refractivity contribution in [3.63, 3.8) is 0 Å². The molecular formula is C14H15N3O2. The predicted molar refractivity (Wildman–Crippen MR) is 69.2 cm³/mol. The van der Waals surface area contributed by atoms with Crippen molar-refractivity contribution in [3.05, 3.63) is 35.7 Å². The quantitative estimate of drug-likeness (QED) is 0.828. The number of hydrogen-bond donors (Lipinski definition) is 0. The maximum atomic E-state index is 11.5. The number of aryl methyl sites for hydroxylation is 1. The second kappa shape index (κ2) is 4.50. The molecular weight excluding hydrogens is 242 g/mol. The van der Waals surface area contributed by atoms with Gasteiger partial charge in [-0.05, 0) is 13.3 Å². The van der Waals surface area contributed by atoms with Crippen LogP contribution >= 0.6 is 0 Å². The fourth-order valence-corrected chi connectivity index (χ4v) is 2.28. The Labute approximate surface area is 111 Å². The molecule has 0 bridgehead atoms. The summed E-state index contributed by atoms with van der Waals surface area (Å²) in [6.07, 6.45) is 1.29. The Balaban J connectivity index is 1.87. The molecule has 1 saturated heterocycles. The first-order valence-corrected chi connectivity index (χ1v) is 6.31. The Bertz CT molecular complexity index is 603. The highest BCUT2D eigenvalue weighted by Crippen LogP contribution is 2.31. The lowest BCUT2D eigenvalue weighted by Crippen LogP contribution is -2.22. The molecule has 2 aromatic rings. The maximum absolute atomic E-state index is 11.5. The molecule has 0 saturated carbocycles. The summed E-state index contributed by atoms with van der Waals surface area (Å²) in [5.41, 5.74) is 2.11. The highest BCUT2D eigenvalue weighted by Gasteiger charge is 2.33. The number of hydrogen-bond acceptors (Lipinski definition) is 4. The van der Waals surface area contributed by atoms with E-state index in [1.807, 2.05) is 31.2 Å². The minimum atomic E-state index is -0.0841. The fourth-order valence-electron chi connectivity index (χ4n) is 2.28. The van der Waals surface area contributed by atoms with Crippen LogP contribution in [0.4, 0.5) is 0 Å². The van der Waals surface area contributed by atoms with Gasteiger partial charge in [0.2, 0.25) is 17.6 Å². The van der Waals surface area contributed by atoms with Crippen molar-refractivity contribution in [1.82, 2.24) is 15.0 Å². The van der Waals surface area contributed by atoms with E-state index >= 15 is 0 Å². The molecule has 2 heterocycles. The van der Waals surface area contributed by atoms with Crippen LogP contribution in [-0.4, -0.2) is 28.0 Å². The largest absolute Gasteiger partial charge is 0.337 e. The summed E-state index contributed by atoms with van der Waals surface area (Å²) in [6, 6.07) is 7.87. The molecule has 5 heteroatoms. The SMILES string of the molecule is Cc1ccc(-c2noc(C3CCC(=O)N3C)n2)cc1. The molecule has 1 aromatic heterocycles. The summed E-state index contributed by atoms with van der Waals surface area (Å²) < 4.78 is 5.30. The topological polar surface area (TPSA) is 59.2 Å². The van der Waals surface area contributed by atoms with Crippen LogP contribution in [0, 0.1) is 6.92 Å². The number of rotatable bonds is 2. The molecule has 1 amide bonds. The average molecular weight is 257 g/mol. The number of amides is 1. The summed E-state index contributed by atoms with van der Waals surface area (Å²) in [6.45, 7) is 2.03. The normalized spacial score (nSPS) is 19.2. The Kier molecular flexibility index (Phi) is 2.81. The van der Waals surface area contributed by atoms with Crippen molar-refractivity contribution in [2.75, 3.05) is 7.05 Å². The van der Waals surface area contributed by atoms with Crippen LogP contribution in [0.25, 0.3) is 11.4 Å². The zero-order valence-electron chi connectivity index (χ0n) is 11.0. The smallest absolute Gasteiger partial charge is 0.249 e. The fraction of sp³-hybridized carbons (Fsp3) is 0.357. The van der Waals surface area contributed by atoms with E-state index in [9.17, 15) is 4.79 Å². The number of benzene rings is 1. The van der Waals surface area contributed by atoms with Gasteiger partial charge in [-0.1, -0.05) is 35.0 Å². The van der Waals surface area contributed by atoms with Crippen LogP contribution in [0.15, 0.2) is 28.8 Å². The average Bonchev–Trinajstić information content (AvgIpc) is 2.99. The number of aromatic nitrogens is 2. The van der Waals surface area contributed by atoms with Crippen LogP contribution in [0.1, 0.15) is 30.3 Å². The standard InChI is InChI=1S/C14H15N3O2/c1-9-3-5-10(6-4-9)13-15-14(19-16-13)11-7-8-12(18)17(11)2/h3-6,11H,7-8H2,1-2H3. The van der Waals surface area contributed by atoms with E-state index in [2.05, 4.69) is 10.1 Å². The van der Waals surface area contributed by atoms with Crippen LogP contribution in [0.5, 0.6) is 0 Å². The van der Waals surface area contributed by atoms with Crippen molar-refractivity contribution >= 4 is 5.91 Å². The molecule has 1 atom stereocenters. The third-order valence-electron chi connectivity index (χ3n) is 3.53. The summed E-state index contributed by atoms with van der Waals surface area (Å²) >= 11 is 0. The highest BCUT2D eigenvalue weighted by molar-refractivity contribution is 5.78. The van der Waals surface area contributed by atoms with Crippen molar-refractivity contribution in [3.8, 4) is 11.4 Å². The number of likely N-dealkylation sites (tertiary alicyclic amines) is 1. The molecule has 1 aromatic carbocycles. The van der Waals surface area contributed by atoms with Crippen LogP contribution in [-0.2, 0) is 4.79 Å². The minimum Gasteiger partial charge on any atom is -0.337 e. The molecule has 3 rings (SSSR count). The summed E-state index contributed by atoms with van der Waals surface area (Å²) in [5, 5.41) is 4.00. The number of carbonyl (C=O) groups excluding carboxylic acids is 1. The van der Waals surface area contributed by atoms with E-state index in [1.54, 1.807) is 11.9 Å². The van der Waals surface area contributed by atoms with Gasteiger partial charge in [0, 0.05) is 19.0 Å². The van der Waals surface area contributed by atoms with Gasteiger partial charge in [0.15, 0.2) is 0 Å². The van der Waals surface area contributed by atoms with Crippen molar-refractivity contribution in [2.45, 2.75) is 25.8 Å². The third kappa shape index (κ3) is 2.12. The molecule has 0 N–H and O–H groups in total. The third-order valence-corrected chi connectivity index (χ3v) is 3.53. The molecule has 0 spiro atoms. The van der Waals surface area contributed by atoms with E-state index < -0.39 is 0 Å². The second-order valence-electron chi connectivity index (χ2n) is 4.88. The second-order valence-corrected chi connectivity index (χ2v) is 4.88. The Morgan fingerprint density at radius 2 is 2.05 bits per heavy atom. The van der Waals surface area contributed by atoms with Gasteiger partial charge in [0.05, 0.1) is 0 Å². The van der Waals surface area contributed by atoms with Crippen LogP contribution in [0.3, 0.4) is 0 Å². The Morgan fingerprint density at radius 1 is 1.32 bits per heavy atom. The van der Waals surface area contributed by atoms with Gasteiger partial charge in [0.25, 0.3) is 0 Å². The van der Waals surface area contributed by atoms with Crippen LogP contribution < -0.4 is 0 Å². The molecule has 5 nitrogen and oxygen atoms in total. The lowest BCUT2D eigenvalue weighted by molar-refractivity contribution is -0.127. The summed E-state index contributed by atoms with van der Waals surface area (Å²) in [4.78, 5) is 17.6. The first-order valence-electron chi connectivity index (χ1n) is 6.31. The first-order chi connectivity index (χ1) is 9.15.